The predicted octanol–water partition coefficient (Wildman–Crippen LogP) is 2.34. The molecule has 0 spiro atoms. The fourth-order valence-corrected chi connectivity index (χ4v) is 2.79. The number of anilines is 2. The molecule has 7 heteroatoms. The average Bonchev–Trinajstić information content (AvgIpc) is 2.50. The first kappa shape index (κ1) is 15.5. The van der Waals surface area contributed by atoms with Gasteiger partial charge < -0.3 is 5.32 Å². The molecule has 2 aromatic carbocycles. The lowest BCUT2D eigenvalue weighted by Crippen LogP contribution is -2.13. The van der Waals surface area contributed by atoms with Crippen LogP contribution >= 0.6 is 0 Å². The minimum atomic E-state index is -3.64. The lowest BCUT2D eigenvalue weighted by atomic mass is 10.3. The third kappa shape index (κ3) is 4.07. The first-order valence-corrected chi connectivity index (χ1v) is 7.84. The Kier molecular flexibility index (Phi) is 4.76. The van der Waals surface area contributed by atoms with Crippen molar-refractivity contribution in [1.29, 1.82) is 5.26 Å². The van der Waals surface area contributed by atoms with Gasteiger partial charge in [-0.3, -0.25) is 9.52 Å². The van der Waals surface area contributed by atoms with E-state index in [-0.39, 0.29) is 11.3 Å². The monoisotopic (exact) mass is 315 g/mol. The van der Waals surface area contributed by atoms with E-state index in [4.69, 9.17) is 5.26 Å². The standard InChI is InChI=1S/C15H13N3O3S/c16-11-10-15(19)17-12-6-8-13(9-7-12)18-22(20,21)14-4-2-1-3-5-14/h1-9,18H,10H2,(H,17,19). The summed E-state index contributed by atoms with van der Waals surface area (Å²) in [6.07, 6.45) is -0.234. The summed E-state index contributed by atoms with van der Waals surface area (Å²) in [7, 11) is -3.64. The molecule has 2 N–H and O–H groups in total. The molecule has 1 amide bonds. The van der Waals surface area contributed by atoms with E-state index in [9.17, 15) is 13.2 Å². The molecule has 0 saturated carbocycles. The van der Waals surface area contributed by atoms with Crippen molar-refractivity contribution < 1.29 is 13.2 Å². The van der Waals surface area contributed by atoms with Gasteiger partial charge in [-0.05, 0) is 36.4 Å². The van der Waals surface area contributed by atoms with Crippen LogP contribution in [0.5, 0.6) is 0 Å². The van der Waals surface area contributed by atoms with Crippen LogP contribution < -0.4 is 10.0 Å². The van der Waals surface area contributed by atoms with Crippen LogP contribution in [-0.4, -0.2) is 14.3 Å². The van der Waals surface area contributed by atoms with Gasteiger partial charge in [0, 0.05) is 11.4 Å². The van der Waals surface area contributed by atoms with Crippen molar-refractivity contribution in [1.82, 2.24) is 0 Å². The Hall–Kier alpha value is -2.85. The van der Waals surface area contributed by atoms with Gasteiger partial charge in [0.05, 0.1) is 11.0 Å². The Balaban J connectivity index is 2.09. The van der Waals surface area contributed by atoms with Crippen LogP contribution in [0.2, 0.25) is 0 Å². The lowest BCUT2D eigenvalue weighted by Gasteiger charge is -2.09. The molecule has 0 bridgehead atoms. The number of amides is 1. The van der Waals surface area contributed by atoms with Crippen molar-refractivity contribution in [2.75, 3.05) is 10.0 Å². The van der Waals surface area contributed by atoms with E-state index < -0.39 is 15.9 Å². The van der Waals surface area contributed by atoms with Crippen LogP contribution in [0.25, 0.3) is 0 Å². The van der Waals surface area contributed by atoms with Gasteiger partial charge in [0.1, 0.15) is 6.42 Å². The number of nitrogens with zero attached hydrogens (tertiary/aromatic N) is 1. The highest BCUT2D eigenvalue weighted by molar-refractivity contribution is 7.92. The van der Waals surface area contributed by atoms with Crippen LogP contribution in [0, 0.1) is 11.3 Å². The van der Waals surface area contributed by atoms with Gasteiger partial charge in [-0.1, -0.05) is 18.2 Å². The van der Waals surface area contributed by atoms with Gasteiger partial charge in [-0.25, -0.2) is 8.42 Å². The molecule has 0 aliphatic rings. The SMILES string of the molecule is N#CCC(=O)Nc1ccc(NS(=O)(=O)c2ccccc2)cc1. The van der Waals surface area contributed by atoms with Gasteiger partial charge in [0.25, 0.3) is 10.0 Å². The lowest BCUT2D eigenvalue weighted by molar-refractivity contribution is -0.115. The molecule has 22 heavy (non-hydrogen) atoms. The maximum atomic E-state index is 12.1. The zero-order valence-electron chi connectivity index (χ0n) is 11.5. The van der Waals surface area contributed by atoms with E-state index in [0.29, 0.717) is 11.4 Å². The maximum absolute atomic E-state index is 12.1. The van der Waals surface area contributed by atoms with Crippen molar-refractivity contribution in [2.24, 2.45) is 0 Å². The van der Waals surface area contributed by atoms with Gasteiger partial charge in [-0.2, -0.15) is 5.26 Å². The fourth-order valence-electron chi connectivity index (χ4n) is 1.71. The molecule has 0 unspecified atom stereocenters. The van der Waals surface area contributed by atoms with Crippen molar-refractivity contribution in [3.8, 4) is 6.07 Å². The van der Waals surface area contributed by atoms with Crippen molar-refractivity contribution in [3.63, 3.8) is 0 Å². The van der Waals surface area contributed by atoms with Crippen LogP contribution in [0.4, 0.5) is 11.4 Å². The van der Waals surface area contributed by atoms with Crippen LogP contribution in [0.3, 0.4) is 0 Å². The third-order valence-corrected chi connectivity index (χ3v) is 4.11. The first-order chi connectivity index (χ1) is 10.5. The number of sulfonamides is 1. The molecular formula is C15H13N3O3S. The molecule has 112 valence electrons. The van der Waals surface area contributed by atoms with Gasteiger partial charge in [0.2, 0.25) is 5.91 Å². The number of carbonyl (C=O) groups is 1. The van der Waals surface area contributed by atoms with E-state index in [1.54, 1.807) is 36.4 Å². The number of hydrogen-bond acceptors (Lipinski definition) is 4. The molecule has 0 radical (unpaired) electrons. The summed E-state index contributed by atoms with van der Waals surface area (Å²) in [5, 5.41) is 10.9. The van der Waals surface area contributed by atoms with Crippen molar-refractivity contribution in [3.05, 3.63) is 54.6 Å². The molecular weight excluding hydrogens is 302 g/mol. The summed E-state index contributed by atoms with van der Waals surface area (Å²) >= 11 is 0. The number of rotatable bonds is 5. The van der Waals surface area contributed by atoms with Gasteiger partial charge >= 0.3 is 0 Å². The van der Waals surface area contributed by atoms with E-state index in [2.05, 4.69) is 10.0 Å². The second-order valence-corrected chi connectivity index (χ2v) is 6.06. The van der Waals surface area contributed by atoms with E-state index >= 15 is 0 Å². The highest BCUT2D eigenvalue weighted by atomic mass is 32.2. The van der Waals surface area contributed by atoms with Crippen molar-refractivity contribution in [2.45, 2.75) is 11.3 Å². The van der Waals surface area contributed by atoms with E-state index in [0.717, 1.165) is 0 Å². The topological polar surface area (TPSA) is 99.1 Å². The minimum Gasteiger partial charge on any atom is -0.325 e. The van der Waals surface area contributed by atoms with E-state index in [1.165, 1.54) is 24.3 Å². The molecule has 0 saturated heterocycles. The molecule has 2 aromatic rings. The second kappa shape index (κ2) is 6.74. The Morgan fingerprint density at radius 3 is 2.18 bits per heavy atom. The summed E-state index contributed by atoms with van der Waals surface area (Å²) in [5.74, 6) is -0.417. The Morgan fingerprint density at radius 2 is 1.59 bits per heavy atom. The Labute approximate surface area is 128 Å². The summed E-state index contributed by atoms with van der Waals surface area (Å²) in [6.45, 7) is 0. The van der Waals surface area contributed by atoms with Crippen LogP contribution in [0.15, 0.2) is 59.5 Å². The predicted molar refractivity (Wildman–Crippen MR) is 82.6 cm³/mol. The molecule has 6 nitrogen and oxygen atoms in total. The number of nitrogens with one attached hydrogen (secondary N) is 2. The van der Waals surface area contributed by atoms with Crippen LogP contribution in [0.1, 0.15) is 6.42 Å². The molecule has 0 aromatic heterocycles. The molecule has 0 aliphatic carbocycles. The maximum Gasteiger partial charge on any atom is 0.261 e. The third-order valence-electron chi connectivity index (χ3n) is 2.71. The zero-order chi connectivity index (χ0) is 16.0. The zero-order valence-corrected chi connectivity index (χ0v) is 12.3. The summed E-state index contributed by atoms with van der Waals surface area (Å²) < 4.78 is 26.7. The smallest absolute Gasteiger partial charge is 0.261 e. The average molecular weight is 315 g/mol. The Bertz CT molecular complexity index is 794. The molecule has 2 rings (SSSR count). The highest BCUT2D eigenvalue weighted by Crippen LogP contribution is 2.18. The quantitative estimate of drug-likeness (QED) is 0.884. The Morgan fingerprint density at radius 1 is 1.00 bits per heavy atom. The molecule has 0 atom stereocenters. The largest absolute Gasteiger partial charge is 0.325 e. The summed E-state index contributed by atoms with van der Waals surface area (Å²) in [6, 6.07) is 15.9. The fraction of sp³-hybridized carbons (Fsp3) is 0.0667. The number of carbonyl (C=O) groups excluding carboxylic acids is 1. The van der Waals surface area contributed by atoms with Gasteiger partial charge in [0.15, 0.2) is 0 Å². The van der Waals surface area contributed by atoms with Gasteiger partial charge in [-0.15, -0.1) is 0 Å². The second-order valence-electron chi connectivity index (χ2n) is 4.38. The molecule has 0 aliphatic heterocycles. The number of hydrogen-bond donors (Lipinski definition) is 2. The van der Waals surface area contributed by atoms with Crippen LogP contribution in [-0.2, 0) is 14.8 Å². The minimum absolute atomic E-state index is 0.168. The number of benzene rings is 2. The normalized spacial score (nSPS) is 10.5. The van der Waals surface area contributed by atoms with E-state index in [1.807, 2.05) is 0 Å². The molecule has 0 fully saturated rings. The molecule has 0 heterocycles. The van der Waals surface area contributed by atoms with Crippen molar-refractivity contribution >= 4 is 27.3 Å². The summed E-state index contributed by atoms with van der Waals surface area (Å²) in [4.78, 5) is 11.4. The highest BCUT2D eigenvalue weighted by Gasteiger charge is 2.13. The number of nitriles is 1. The summed E-state index contributed by atoms with van der Waals surface area (Å²) in [5.41, 5.74) is 0.866. The first-order valence-electron chi connectivity index (χ1n) is 6.36.